The van der Waals surface area contributed by atoms with Crippen LogP contribution in [-0.4, -0.2) is 18.5 Å². The maximum atomic E-state index is 13.3. The topological polar surface area (TPSA) is 55.8 Å². The highest BCUT2D eigenvalue weighted by atomic mass is 35.5. The summed E-state index contributed by atoms with van der Waals surface area (Å²) in [5.74, 6) is -0.0739. The predicted molar refractivity (Wildman–Crippen MR) is 131 cm³/mol. The van der Waals surface area contributed by atoms with Crippen LogP contribution >= 0.6 is 11.6 Å². The van der Waals surface area contributed by atoms with E-state index in [2.05, 4.69) is 6.07 Å². The third-order valence-corrected chi connectivity index (χ3v) is 6.59. The highest BCUT2D eigenvalue weighted by Gasteiger charge is 2.43. The molecule has 0 aliphatic carbocycles. The highest BCUT2D eigenvalue weighted by Crippen LogP contribution is 2.42. The number of carbonyl (C=O) groups is 2. The molecule has 3 aromatic rings. The molecule has 2 heterocycles. The quantitative estimate of drug-likeness (QED) is 0.435. The lowest BCUT2D eigenvalue weighted by molar-refractivity contribution is -0.136. The number of ether oxygens (including phenoxy) is 2. The van der Waals surface area contributed by atoms with Crippen molar-refractivity contribution in [1.82, 2.24) is 0 Å². The number of carbonyl (C=O) groups excluding carboxylic acids is 2. The van der Waals surface area contributed by atoms with E-state index in [0.717, 1.165) is 27.9 Å². The van der Waals surface area contributed by atoms with Crippen LogP contribution in [0.2, 0.25) is 5.02 Å². The number of halogens is 1. The first-order chi connectivity index (χ1) is 16.4. The molecule has 0 fully saturated rings. The molecule has 172 valence electrons. The van der Waals surface area contributed by atoms with Crippen molar-refractivity contribution in [3.63, 3.8) is 0 Å². The minimum absolute atomic E-state index is 0.0499. The second-order valence-electron chi connectivity index (χ2n) is 8.72. The largest absolute Gasteiger partial charge is 0.489 e. The molecule has 1 amide bonds. The van der Waals surface area contributed by atoms with E-state index in [0.29, 0.717) is 28.6 Å². The number of cyclic esters (lactones) is 1. The van der Waals surface area contributed by atoms with Gasteiger partial charge in [0.15, 0.2) is 0 Å². The minimum Gasteiger partial charge on any atom is -0.489 e. The Bertz CT molecular complexity index is 1290. The molecule has 6 heteroatoms. The molecule has 0 N–H and O–H groups in total. The van der Waals surface area contributed by atoms with Crippen molar-refractivity contribution >= 4 is 29.2 Å². The van der Waals surface area contributed by atoms with Gasteiger partial charge in [-0.3, -0.25) is 9.69 Å². The van der Waals surface area contributed by atoms with Crippen molar-refractivity contribution in [3.8, 4) is 5.75 Å². The number of amides is 1. The van der Waals surface area contributed by atoms with Crippen LogP contribution in [0, 0.1) is 13.8 Å². The standard InChI is InChI=1S/C28H24ClNO4/c1-17-11-18(2)13-21(12-17)30-25-16-34-28(32)27(25)23(14-26(30)31)19-7-9-22(10-8-19)33-15-20-5-3-4-6-24(20)29/h3-13,23H,14-16H2,1-2H3. The molecule has 0 bridgehead atoms. The van der Waals surface area contributed by atoms with Crippen molar-refractivity contribution < 1.29 is 19.1 Å². The van der Waals surface area contributed by atoms with Crippen LogP contribution in [0.15, 0.2) is 78.0 Å². The first-order valence-electron chi connectivity index (χ1n) is 11.2. The molecule has 0 saturated heterocycles. The van der Waals surface area contributed by atoms with E-state index in [-0.39, 0.29) is 30.8 Å². The molecule has 5 nitrogen and oxygen atoms in total. The Balaban J connectivity index is 1.42. The summed E-state index contributed by atoms with van der Waals surface area (Å²) >= 11 is 6.20. The van der Waals surface area contributed by atoms with Crippen LogP contribution in [0.25, 0.3) is 0 Å². The molecule has 0 radical (unpaired) electrons. The maximum absolute atomic E-state index is 13.3. The molecule has 34 heavy (non-hydrogen) atoms. The van der Waals surface area contributed by atoms with Gasteiger partial charge in [-0.1, -0.05) is 48.0 Å². The number of anilines is 1. The molecule has 2 aliphatic rings. The van der Waals surface area contributed by atoms with E-state index in [4.69, 9.17) is 21.1 Å². The number of hydrogen-bond donors (Lipinski definition) is 0. The lowest BCUT2D eigenvalue weighted by Gasteiger charge is -2.32. The summed E-state index contributed by atoms with van der Waals surface area (Å²) in [5.41, 5.74) is 5.87. The molecular formula is C28H24ClNO4. The Hall–Kier alpha value is -3.57. The minimum atomic E-state index is -0.360. The Kier molecular flexibility index (Phi) is 5.88. The third-order valence-electron chi connectivity index (χ3n) is 6.22. The van der Waals surface area contributed by atoms with E-state index in [1.165, 1.54) is 0 Å². The number of aryl methyl sites for hydroxylation is 2. The zero-order valence-electron chi connectivity index (χ0n) is 19.0. The van der Waals surface area contributed by atoms with Gasteiger partial charge in [0, 0.05) is 28.6 Å². The fourth-order valence-corrected chi connectivity index (χ4v) is 4.88. The summed E-state index contributed by atoms with van der Waals surface area (Å²) < 4.78 is 11.3. The van der Waals surface area contributed by atoms with Crippen LogP contribution in [0.4, 0.5) is 5.69 Å². The third kappa shape index (κ3) is 4.19. The van der Waals surface area contributed by atoms with Crippen LogP contribution in [0.5, 0.6) is 5.75 Å². The summed E-state index contributed by atoms with van der Waals surface area (Å²) in [6.45, 7) is 4.44. The van der Waals surface area contributed by atoms with Gasteiger partial charge in [-0.25, -0.2) is 4.79 Å². The molecule has 1 unspecified atom stereocenters. The highest BCUT2D eigenvalue weighted by molar-refractivity contribution is 6.31. The summed E-state index contributed by atoms with van der Waals surface area (Å²) in [7, 11) is 0. The van der Waals surface area contributed by atoms with Crippen molar-refractivity contribution in [3.05, 3.63) is 105 Å². The van der Waals surface area contributed by atoms with Gasteiger partial charge in [-0.05, 0) is 60.9 Å². The summed E-state index contributed by atoms with van der Waals surface area (Å²) in [4.78, 5) is 27.7. The molecule has 0 saturated carbocycles. The van der Waals surface area contributed by atoms with Gasteiger partial charge < -0.3 is 9.47 Å². The first-order valence-corrected chi connectivity index (χ1v) is 11.6. The fraction of sp³-hybridized carbons (Fsp3) is 0.214. The van der Waals surface area contributed by atoms with E-state index < -0.39 is 0 Å². The number of hydrogen-bond acceptors (Lipinski definition) is 4. The Morgan fingerprint density at radius 1 is 1.00 bits per heavy atom. The lowest BCUT2D eigenvalue weighted by atomic mass is 9.84. The second-order valence-corrected chi connectivity index (χ2v) is 9.12. The molecule has 5 rings (SSSR count). The first kappa shape index (κ1) is 22.2. The van der Waals surface area contributed by atoms with Gasteiger partial charge in [0.05, 0.1) is 11.3 Å². The predicted octanol–water partition coefficient (Wildman–Crippen LogP) is 5.87. The normalized spacial score (nSPS) is 17.6. The van der Waals surface area contributed by atoms with Gasteiger partial charge >= 0.3 is 5.97 Å². The zero-order valence-corrected chi connectivity index (χ0v) is 19.8. The van der Waals surface area contributed by atoms with Gasteiger partial charge in [-0.2, -0.15) is 0 Å². The SMILES string of the molecule is Cc1cc(C)cc(N2C(=O)CC(c3ccc(OCc4ccccc4Cl)cc3)C3=C2COC3=O)c1. The molecule has 0 spiro atoms. The van der Waals surface area contributed by atoms with Crippen molar-refractivity contribution in [2.45, 2.75) is 32.8 Å². The molecular weight excluding hydrogens is 450 g/mol. The van der Waals surface area contributed by atoms with Crippen molar-refractivity contribution in [2.75, 3.05) is 11.5 Å². The average molecular weight is 474 g/mol. The monoisotopic (exact) mass is 473 g/mol. The smallest absolute Gasteiger partial charge is 0.336 e. The second kappa shape index (κ2) is 8.99. The average Bonchev–Trinajstić information content (AvgIpc) is 3.19. The summed E-state index contributed by atoms with van der Waals surface area (Å²) in [6, 6.07) is 21.1. The molecule has 1 atom stereocenters. The number of nitrogens with zero attached hydrogens (tertiary/aromatic N) is 1. The van der Waals surface area contributed by atoms with E-state index in [9.17, 15) is 9.59 Å². The Labute approximate surface area is 203 Å². The van der Waals surface area contributed by atoms with Crippen LogP contribution in [-0.2, 0) is 20.9 Å². The van der Waals surface area contributed by atoms with E-state index >= 15 is 0 Å². The summed E-state index contributed by atoms with van der Waals surface area (Å²) in [6.07, 6.45) is 0.195. The number of rotatable bonds is 5. The van der Waals surface area contributed by atoms with Gasteiger partial charge in [0.2, 0.25) is 5.91 Å². The maximum Gasteiger partial charge on any atom is 0.336 e. The number of benzene rings is 3. The summed E-state index contributed by atoms with van der Waals surface area (Å²) in [5, 5.41) is 0.660. The van der Waals surface area contributed by atoms with Gasteiger partial charge in [0.25, 0.3) is 0 Å². The Morgan fingerprint density at radius 3 is 2.41 bits per heavy atom. The van der Waals surface area contributed by atoms with Crippen molar-refractivity contribution in [2.24, 2.45) is 0 Å². The molecule has 0 aromatic heterocycles. The van der Waals surface area contributed by atoms with E-state index in [1.54, 1.807) is 4.90 Å². The van der Waals surface area contributed by atoms with Crippen LogP contribution < -0.4 is 9.64 Å². The van der Waals surface area contributed by atoms with Crippen LogP contribution in [0.3, 0.4) is 0 Å². The molecule has 3 aromatic carbocycles. The van der Waals surface area contributed by atoms with Gasteiger partial charge in [-0.15, -0.1) is 0 Å². The zero-order chi connectivity index (χ0) is 23.8. The van der Waals surface area contributed by atoms with E-state index in [1.807, 2.05) is 74.5 Å². The van der Waals surface area contributed by atoms with Gasteiger partial charge in [0.1, 0.15) is 19.0 Å². The molecule has 2 aliphatic heterocycles. The Morgan fingerprint density at radius 2 is 1.71 bits per heavy atom. The lowest BCUT2D eigenvalue weighted by Crippen LogP contribution is -2.37. The van der Waals surface area contributed by atoms with Crippen molar-refractivity contribution in [1.29, 1.82) is 0 Å². The fourth-order valence-electron chi connectivity index (χ4n) is 4.69. The number of esters is 1. The van der Waals surface area contributed by atoms with Crippen LogP contribution in [0.1, 0.15) is 34.6 Å².